The molecular formula is C29H22F5N7O2. The van der Waals surface area contributed by atoms with Crippen molar-refractivity contribution in [3.63, 3.8) is 0 Å². The average Bonchev–Trinajstić information content (AvgIpc) is 3.63. The molecule has 3 aliphatic rings. The number of carbonyl (C=O) groups excluding carboxylic acids is 2. The van der Waals surface area contributed by atoms with E-state index in [9.17, 15) is 31.5 Å². The second-order valence-corrected chi connectivity index (χ2v) is 11.1. The zero-order valence-electron chi connectivity index (χ0n) is 22.3. The van der Waals surface area contributed by atoms with Crippen LogP contribution in [0.1, 0.15) is 62.8 Å². The lowest BCUT2D eigenvalue weighted by atomic mass is 9.80. The van der Waals surface area contributed by atoms with Crippen molar-refractivity contribution < 1.29 is 31.5 Å². The first-order valence-corrected chi connectivity index (χ1v) is 13.5. The summed E-state index contributed by atoms with van der Waals surface area (Å²) < 4.78 is 69.9. The lowest BCUT2D eigenvalue weighted by Gasteiger charge is -2.31. The van der Waals surface area contributed by atoms with Crippen LogP contribution in [0, 0.1) is 11.6 Å². The Morgan fingerprint density at radius 3 is 2.77 bits per heavy atom. The van der Waals surface area contributed by atoms with Crippen LogP contribution < -0.4 is 10.6 Å². The van der Waals surface area contributed by atoms with E-state index < -0.39 is 53.3 Å². The van der Waals surface area contributed by atoms with Gasteiger partial charge in [0.1, 0.15) is 18.1 Å². The largest absolute Gasteiger partial charge is 0.396 e. The summed E-state index contributed by atoms with van der Waals surface area (Å²) in [6, 6.07) is 7.92. The highest BCUT2D eigenvalue weighted by atomic mass is 19.4. The lowest BCUT2D eigenvalue weighted by Crippen LogP contribution is -2.36. The minimum Gasteiger partial charge on any atom is -0.342 e. The summed E-state index contributed by atoms with van der Waals surface area (Å²) in [5.41, 5.74) is 1.39. The fourth-order valence-electron chi connectivity index (χ4n) is 6.47. The summed E-state index contributed by atoms with van der Waals surface area (Å²) in [4.78, 5) is 35.2. The molecule has 0 radical (unpaired) electrons. The molecule has 4 aromatic rings. The number of aromatic nitrogens is 5. The Labute approximate surface area is 240 Å². The van der Waals surface area contributed by atoms with Crippen LogP contribution in [-0.4, -0.2) is 42.7 Å². The smallest absolute Gasteiger partial charge is 0.342 e. The number of hydrogen-bond donors (Lipinski definition) is 2. The van der Waals surface area contributed by atoms with Gasteiger partial charge in [-0.25, -0.2) is 13.8 Å². The van der Waals surface area contributed by atoms with Gasteiger partial charge in [-0.1, -0.05) is 18.2 Å². The van der Waals surface area contributed by atoms with Gasteiger partial charge in [0.05, 0.1) is 17.0 Å². The minimum atomic E-state index is -4.58. The second-order valence-electron chi connectivity index (χ2n) is 11.1. The van der Waals surface area contributed by atoms with E-state index in [1.165, 1.54) is 22.9 Å². The second kappa shape index (κ2) is 9.64. The van der Waals surface area contributed by atoms with Gasteiger partial charge in [-0.2, -0.15) is 13.2 Å². The number of carbonyl (C=O) groups is 2. The Morgan fingerprint density at radius 2 is 1.95 bits per heavy atom. The lowest BCUT2D eigenvalue weighted by molar-refractivity contribution is -0.129. The summed E-state index contributed by atoms with van der Waals surface area (Å²) in [5, 5.41) is 13.3. The number of anilines is 1. The van der Waals surface area contributed by atoms with Crippen LogP contribution in [0.5, 0.6) is 0 Å². The van der Waals surface area contributed by atoms with E-state index in [1.807, 2.05) is 6.07 Å². The standard InChI is InChI=1S/C29H22F5N7O2/c30-19-5-1-3-17(23(19)31)16-8-20(25-40-39-22(41(25)13-16)11-29(32,33)34)37-26(42)15-7-14-9-28(10-21(14)36-12-15)18-4-2-6-35-24(18)38-27(28)43/h1-7,12,16,20H,8-11,13H2,(H,37,42)(H,35,38,43)/t16-,20+,28+/m1/s1. The third-order valence-electron chi connectivity index (χ3n) is 8.45. The fourth-order valence-corrected chi connectivity index (χ4v) is 6.47. The number of fused-ring (bicyclic) bond motifs is 4. The number of hydrogen-bond acceptors (Lipinski definition) is 6. The van der Waals surface area contributed by atoms with Crippen molar-refractivity contribution in [3.05, 3.63) is 100 Å². The van der Waals surface area contributed by atoms with Gasteiger partial charge in [0.25, 0.3) is 5.91 Å². The molecule has 0 saturated heterocycles. The SMILES string of the molecule is O=C(N[C@H]1C[C@@H](c2cccc(F)c2F)Cn2c(CC(F)(F)F)nnc21)c1cnc2c(c1)C[C@@]1(C2)C(=O)Nc2ncccc21. The van der Waals surface area contributed by atoms with E-state index in [0.29, 0.717) is 29.9 Å². The van der Waals surface area contributed by atoms with Crippen LogP contribution in [0.3, 0.4) is 0 Å². The molecule has 9 nitrogen and oxygen atoms in total. The Morgan fingerprint density at radius 1 is 1.12 bits per heavy atom. The quantitative estimate of drug-likeness (QED) is 0.344. The van der Waals surface area contributed by atoms with Crippen molar-refractivity contribution in [1.29, 1.82) is 0 Å². The number of halogens is 5. The first-order valence-electron chi connectivity index (χ1n) is 13.5. The zero-order valence-corrected chi connectivity index (χ0v) is 22.3. The Bertz CT molecular complexity index is 1810. The van der Waals surface area contributed by atoms with Crippen molar-refractivity contribution in [3.8, 4) is 0 Å². The highest BCUT2D eigenvalue weighted by Gasteiger charge is 2.51. The van der Waals surface area contributed by atoms with Crippen LogP contribution in [0.4, 0.5) is 27.8 Å². The number of nitrogens with one attached hydrogen (secondary N) is 2. The number of pyridine rings is 2. The first-order chi connectivity index (χ1) is 20.5. The van der Waals surface area contributed by atoms with Gasteiger partial charge >= 0.3 is 6.18 Å². The molecule has 1 aliphatic carbocycles. The van der Waals surface area contributed by atoms with Crippen LogP contribution >= 0.6 is 0 Å². The molecule has 3 aromatic heterocycles. The molecule has 0 fully saturated rings. The molecule has 7 rings (SSSR count). The van der Waals surface area contributed by atoms with Crippen LogP contribution in [-0.2, 0) is 36.0 Å². The molecule has 1 aromatic carbocycles. The molecule has 2 N–H and O–H groups in total. The fraction of sp³-hybridized carbons (Fsp3) is 0.310. The predicted octanol–water partition coefficient (Wildman–Crippen LogP) is 4.10. The Kier molecular flexibility index (Phi) is 6.08. The van der Waals surface area contributed by atoms with Crippen LogP contribution in [0.25, 0.3) is 0 Å². The van der Waals surface area contributed by atoms with Gasteiger partial charge in [0, 0.05) is 42.5 Å². The van der Waals surface area contributed by atoms with E-state index in [-0.39, 0.29) is 35.8 Å². The number of nitrogens with zero attached hydrogens (tertiary/aromatic N) is 5. The van der Waals surface area contributed by atoms with Crippen molar-refractivity contribution in [1.82, 2.24) is 30.0 Å². The third-order valence-corrected chi connectivity index (χ3v) is 8.45. The molecule has 3 atom stereocenters. The summed E-state index contributed by atoms with van der Waals surface area (Å²) >= 11 is 0. The highest BCUT2D eigenvalue weighted by Crippen LogP contribution is 2.46. The van der Waals surface area contributed by atoms with E-state index in [4.69, 9.17) is 0 Å². The van der Waals surface area contributed by atoms with Crippen LogP contribution in [0.2, 0.25) is 0 Å². The van der Waals surface area contributed by atoms with Crippen LogP contribution in [0.15, 0.2) is 48.8 Å². The molecule has 0 bridgehead atoms. The molecule has 43 heavy (non-hydrogen) atoms. The molecule has 220 valence electrons. The maximum Gasteiger partial charge on any atom is 0.396 e. The molecule has 2 aliphatic heterocycles. The van der Waals surface area contributed by atoms with Gasteiger partial charge in [-0.3, -0.25) is 14.6 Å². The Balaban J connectivity index is 1.18. The summed E-state index contributed by atoms with van der Waals surface area (Å²) in [6.07, 6.45) is -2.31. The number of amides is 2. The predicted molar refractivity (Wildman–Crippen MR) is 140 cm³/mol. The van der Waals surface area contributed by atoms with E-state index in [0.717, 1.165) is 11.6 Å². The number of alkyl halides is 3. The zero-order chi connectivity index (χ0) is 30.1. The summed E-state index contributed by atoms with van der Waals surface area (Å²) in [6.45, 7) is -0.124. The van der Waals surface area contributed by atoms with E-state index in [2.05, 4.69) is 30.8 Å². The van der Waals surface area contributed by atoms with Crippen molar-refractivity contribution in [2.24, 2.45) is 0 Å². The first kappa shape index (κ1) is 27.1. The third kappa shape index (κ3) is 4.51. The number of rotatable bonds is 4. The average molecular weight is 596 g/mol. The Hall–Kier alpha value is -4.75. The molecule has 14 heteroatoms. The van der Waals surface area contributed by atoms with Gasteiger partial charge in [-0.05, 0) is 42.2 Å². The maximum atomic E-state index is 14.8. The van der Waals surface area contributed by atoms with Gasteiger partial charge in [-0.15, -0.1) is 10.2 Å². The molecule has 0 saturated carbocycles. The molecular weight excluding hydrogens is 573 g/mol. The summed E-state index contributed by atoms with van der Waals surface area (Å²) in [7, 11) is 0. The van der Waals surface area contributed by atoms with Gasteiger partial charge in [0.2, 0.25) is 5.91 Å². The highest BCUT2D eigenvalue weighted by molar-refractivity contribution is 6.06. The van der Waals surface area contributed by atoms with Crippen molar-refractivity contribution in [2.75, 3.05) is 5.32 Å². The maximum absolute atomic E-state index is 14.8. The van der Waals surface area contributed by atoms with Gasteiger partial charge in [0.15, 0.2) is 17.5 Å². The van der Waals surface area contributed by atoms with E-state index >= 15 is 0 Å². The van der Waals surface area contributed by atoms with Crippen molar-refractivity contribution >= 4 is 17.6 Å². The molecule has 0 unspecified atom stereocenters. The summed E-state index contributed by atoms with van der Waals surface area (Å²) in [5.74, 6) is -3.56. The topological polar surface area (TPSA) is 115 Å². The molecule has 5 heterocycles. The monoisotopic (exact) mass is 595 g/mol. The van der Waals surface area contributed by atoms with Crippen molar-refractivity contribution in [2.45, 2.75) is 55.8 Å². The minimum absolute atomic E-state index is 0.0225. The number of benzene rings is 1. The molecule has 1 spiro atoms. The van der Waals surface area contributed by atoms with E-state index in [1.54, 1.807) is 18.3 Å². The van der Waals surface area contributed by atoms with Gasteiger partial charge < -0.3 is 15.2 Å². The molecule has 2 amide bonds. The normalized spacial score (nSPS) is 22.2.